The summed E-state index contributed by atoms with van der Waals surface area (Å²) in [6.45, 7) is 1.22. The van der Waals surface area contributed by atoms with Crippen molar-refractivity contribution in [3.8, 4) is 28.9 Å². The second-order valence-electron chi connectivity index (χ2n) is 9.81. The molecule has 0 bridgehead atoms. The Hall–Kier alpha value is -5.46. The maximum Gasteiger partial charge on any atom is 0.412 e. The number of rotatable bonds is 14. The van der Waals surface area contributed by atoms with Crippen molar-refractivity contribution >= 4 is 45.3 Å². The van der Waals surface area contributed by atoms with Gasteiger partial charge in [-0.15, -0.1) is 0 Å². The highest BCUT2D eigenvalue weighted by atomic mass is 35.5. The van der Waals surface area contributed by atoms with Crippen LogP contribution in [0.15, 0.2) is 72.3 Å². The Balaban J connectivity index is 1.29. The lowest BCUT2D eigenvalue weighted by molar-refractivity contribution is -0.137. The number of amides is 2. The molecule has 2 N–H and O–H groups in total. The zero-order valence-electron chi connectivity index (χ0n) is 25.9. The van der Waals surface area contributed by atoms with E-state index < -0.39 is 16.1 Å². The Bertz CT molecular complexity index is 1850. The monoisotopic (exact) mass is 715 g/mol. The standard InChI is InChI=1S/C30H30ClN7O10S/c1-43-21-4-7-23(31)24(16-21)48-27-28(34-19-35-29(27)45-14-15-46-30(40)36-25-17-32-8-9-33-25)37-49(41,42)22-5-2-20(3-6-22)47-18-26(39)38-10-12-44-13-11-38/h2-9,16-17,19H,10-15,18H2,1H3,(H,33,36,40)(H,34,35,37). The van der Waals surface area contributed by atoms with Crippen LogP contribution in [0.2, 0.25) is 5.02 Å². The fraction of sp³-hybridized carbons (Fsp3) is 0.267. The molecule has 1 fully saturated rings. The van der Waals surface area contributed by atoms with Gasteiger partial charge in [0.15, 0.2) is 18.2 Å². The highest BCUT2D eigenvalue weighted by Crippen LogP contribution is 2.40. The number of anilines is 2. The molecule has 0 atom stereocenters. The Morgan fingerprint density at radius 3 is 2.49 bits per heavy atom. The first-order valence-electron chi connectivity index (χ1n) is 14.5. The van der Waals surface area contributed by atoms with E-state index in [1.165, 1.54) is 62.1 Å². The number of halogens is 1. The zero-order valence-corrected chi connectivity index (χ0v) is 27.5. The van der Waals surface area contributed by atoms with Crippen molar-refractivity contribution in [3.63, 3.8) is 0 Å². The van der Waals surface area contributed by atoms with E-state index >= 15 is 0 Å². The maximum atomic E-state index is 13.5. The number of benzene rings is 2. The maximum absolute atomic E-state index is 13.5. The lowest BCUT2D eigenvalue weighted by Gasteiger charge is -2.26. The number of nitrogens with one attached hydrogen (secondary N) is 2. The number of hydrogen-bond donors (Lipinski definition) is 2. The molecule has 19 heteroatoms. The van der Waals surface area contributed by atoms with Gasteiger partial charge in [-0.3, -0.25) is 19.8 Å². The van der Waals surface area contributed by atoms with E-state index in [1.807, 2.05) is 0 Å². The molecule has 1 aliphatic heterocycles. The minimum atomic E-state index is -4.27. The van der Waals surface area contributed by atoms with Crippen LogP contribution in [0.3, 0.4) is 0 Å². The van der Waals surface area contributed by atoms with Crippen LogP contribution in [0.25, 0.3) is 0 Å². The van der Waals surface area contributed by atoms with Gasteiger partial charge in [-0.2, -0.15) is 4.98 Å². The fourth-order valence-corrected chi connectivity index (χ4v) is 5.32. The van der Waals surface area contributed by atoms with Crippen LogP contribution in [0.1, 0.15) is 0 Å². The second-order valence-corrected chi connectivity index (χ2v) is 11.9. The Morgan fingerprint density at radius 1 is 0.980 bits per heavy atom. The molecule has 1 aliphatic rings. The van der Waals surface area contributed by atoms with E-state index in [0.29, 0.717) is 37.8 Å². The van der Waals surface area contributed by atoms with Crippen molar-refractivity contribution < 1.29 is 46.4 Å². The predicted octanol–water partition coefficient (Wildman–Crippen LogP) is 3.39. The number of carbonyl (C=O) groups excluding carboxylic acids is 2. The molecule has 0 saturated carbocycles. The van der Waals surface area contributed by atoms with Crippen LogP contribution in [-0.2, 0) is 24.3 Å². The normalized spacial score (nSPS) is 12.8. The Labute approximate surface area is 285 Å². The number of nitrogens with zero attached hydrogens (tertiary/aromatic N) is 5. The minimum Gasteiger partial charge on any atom is -0.497 e. The van der Waals surface area contributed by atoms with Crippen LogP contribution in [0, 0.1) is 0 Å². The summed E-state index contributed by atoms with van der Waals surface area (Å²) >= 11 is 6.35. The molecule has 0 unspecified atom stereocenters. The van der Waals surface area contributed by atoms with Crippen LogP contribution in [0.4, 0.5) is 16.4 Å². The van der Waals surface area contributed by atoms with E-state index in [-0.39, 0.29) is 64.7 Å². The number of hydrogen-bond acceptors (Lipinski definition) is 14. The fourth-order valence-electron chi connectivity index (χ4n) is 4.15. The number of aromatic nitrogens is 4. The van der Waals surface area contributed by atoms with Gasteiger partial charge >= 0.3 is 6.09 Å². The summed E-state index contributed by atoms with van der Waals surface area (Å²) in [7, 11) is -2.82. The highest BCUT2D eigenvalue weighted by molar-refractivity contribution is 7.92. The molecule has 5 rings (SSSR count). The first-order valence-corrected chi connectivity index (χ1v) is 16.4. The molecule has 2 aromatic carbocycles. The first kappa shape index (κ1) is 34.9. The van der Waals surface area contributed by atoms with Crippen molar-refractivity contribution in [1.29, 1.82) is 0 Å². The Kier molecular flexibility index (Phi) is 11.8. The largest absolute Gasteiger partial charge is 0.497 e. The van der Waals surface area contributed by atoms with Gasteiger partial charge in [0.1, 0.15) is 36.8 Å². The van der Waals surface area contributed by atoms with Gasteiger partial charge in [0.2, 0.25) is 5.75 Å². The third-order valence-corrected chi connectivity index (χ3v) is 8.23. The molecule has 17 nitrogen and oxygen atoms in total. The number of sulfonamides is 1. The molecular weight excluding hydrogens is 686 g/mol. The molecule has 0 spiro atoms. The van der Waals surface area contributed by atoms with Crippen LogP contribution in [0.5, 0.6) is 28.9 Å². The van der Waals surface area contributed by atoms with Crippen molar-refractivity contribution in [2.45, 2.75) is 4.90 Å². The average Bonchev–Trinajstić information content (AvgIpc) is 3.12. The summed E-state index contributed by atoms with van der Waals surface area (Å²) in [5.41, 5.74) is 0. The first-order chi connectivity index (χ1) is 23.7. The van der Waals surface area contributed by atoms with Crippen molar-refractivity contribution in [2.75, 3.05) is 63.3 Å². The molecule has 2 aromatic heterocycles. The molecule has 1 saturated heterocycles. The number of carbonyl (C=O) groups is 2. The molecule has 2 amide bonds. The third-order valence-electron chi connectivity index (χ3n) is 6.56. The van der Waals surface area contributed by atoms with Gasteiger partial charge in [0.25, 0.3) is 21.8 Å². The van der Waals surface area contributed by atoms with Crippen molar-refractivity contribution in [3.05, 3.63) is 72.4 Å². The predicted molar refractivity (Wildman–Crippen MR) is 173 cm³/mol. The minimum absolute atomic E-state index is 0.0776. The van der Waals surface area contributed by atoms with Gasteiger partial charge < -0.3 is 33.3 Å². The zero-order chi connectivity index (χ0) is 34.6. The highest BCUT2D eigenvalue weighted by Gasteiger charge is 2.24. The van der Waals surface area contributed by atoms with Crippen LogP contribution >= 0.6 is 11.6 Å². The van der Waals surface area contributed by atoms with Crippen molar-refractivity contribution in [2.24, 2.45) is 0 Å². The summed E-state index contributed by atoms with van der Waals surface area (Å²) in [6, 6.07) is 10.0. The molecule has 258 valence electrons. The second kappa shape index (κ2) is 16.6. The van der Waals surface area contributed by atoms with Gasteiger partial charge in [-0.05, 0) is 36.4 Å². The van der Waals surface area contributed by atoms with E-state index in [1.54, 1.807) is 11.0 Å². The lowest BCUT2D eigenvalue weighted by Crippen LogP contribution is -2.42. The quantitative estimate of drug-likeness (QED) is 0.180. The lowest BCUT2D eigenvalue weighted by atomic mass is 10.3. The van der Waals surface area contributed by atoms with Crippen molar-refractivity contribution in [1.82, 2.24) is 24.8 Å². The topological polar surface area (TPSA) is 203 Å². The molecule has 0 aliphatic carbocycles. The van der Waals surface area contributed by atoms with E-state index in [9.17, 15) is 18.0 Å². The molecule has 3 heterocycles. The van der Waals surface area contributed by atoms with Crippen LogP contribution in [-0.4, -0.2) is 98.5 Å². The number of methoxy groups -OCH3 is 1. The number of morpholine rings is 1. The molecule has 0 radical (unpaired) electrons. The van der Waals surface area contributed by atoms with Gasteiger partial charge in [0.05, 0.1) is 36.4 Å². The van der Waals surface area contributed by atoms with Gasteiger partial charge in [-0.1, -0.05) is 11.6 Å². The molecule has 4 aromatic rings. The Morgan fingerprint density at radius 2 is 1.76 bits per heavy atom. The van der Waals surface area contributed by atoms with E-state index in [4.69, 9.17) is 40.0 Å². The summed E-state index contributed by atoms with van der Waals surface area (Å²) in [5.74, 6) is 0.0254. The van der Waals surface area contributed by atoms with E-state index in [2.05, 4.69) is 30.0 Å². The third kappa shape index (κ3) is 9.78. The molecular formula is C30H30ClN7O10S. The summed E-state index contributed by atoms with van der Waals surface area (Å²) < 4.78 is 62.1. The average molecular weight is 716 g/mol. The summed E-state index contributed by atoms with van der Waals surface area (Å²) in [5, 5.41) is 2.57. The molecule has 49 heavy (non-hydrogen) atoms. The van der Waals surface area contributed by atoms with Gasteiger partial charge in [0, 0.05) is 31.5 Å². The smallest absolute Gasteiger partial charge is 0.412 e. The summed E-state index contributed by atoms with van der Waals surface area (Å²) in [6.07, 6.45) is 4.43. The summed E-state index contributed by atoms with van der Waals surface area (Å²) in [4.78, 5) is 41.9. The van der Waals surface area contributed by atoms with E-state index in [0.717, 1.165) is 6.33 Å². The number of ether oxygens (including phenoxy) is 6. The van der Waals surface area contributed by atoms with Crippen LogP contribution < -0.4 is 29.0 Å². The SMILES string of the molecule is COc1ccc(Cl)c(Oc2c(NS(=O)(=O)c3ccc(OCC(=O)N4CCOCC4)cc3)ncnc2OCCOC(=O)Nc2cnccn2)c1. The van der Waals surface area contributed by atoms with Gasteiger partial charge in [-0.25, -0.2) is 23.2 Å².